The van der Waals surface area contributed by atoms with Gasteiger partial charge in [-0.05, 0) is 38.0 Å². The normalized spacial score (nSPS) is 17.3. The quantitative estimate of drug-likeness (QED) is 0.522. The maximum Gasteiger partial charge on any atom is 0.262 e. The Balaban J connectivity index is 2.02. The van der Waals surface area contributed by atoms with Crippen molar-refractivity contribution in [1.82, 2.24) is 5.32 Å². The third-order valence-electron chi connectivity index (χ3n) is 3.60. The van der Waals surface area contributed by atoms with Gasteiger partial charge in [0, 0.05) is 15.8 Å². The highest BCUT2D eigenvalue weighted by atomic mass is 32.1. The molecule has 0 radical (unpaired) electrons. The molecule has 20 heavy (non-hydrogen) atoms. The molecule has 1 heterocycles. The Morgan fingerprint density at radius 1 is 1.35 bits per heavy atom. The van der Waals surface area contributed by atoms with Crippen LogP contribution in [0.15, 0.2) is 17.7 Å². The minimum absolute atomic E-state index is 0.205. The van der Waals surface area contributed by atoms with Gasteiger partial charge in [-0.1, -0.05) is 25.7 Å². The zero-order valence-corrected chi connectivity index (χ0v) is 12.6. The van der Waals surface area contributed by atoms with Crippen LogP contribution in [0.1, 0.15) is 48.3 Å². The van der Waals surface area contributed by atoms with Crippen molar-refractivity contribution in [2.75, 3.05) is 0 Å². The summed E-state index contributed by atoms with van der Waals surface area (Å²) in [5, 5.41) is 12.2. The van der Waals surface area contributed by atoms with E-state index in [2.05, 4.69) is 5.32 Å². The smallest absolute Gasteiger partial charge is 0.262 e. The van der Waals surface area contributed by atoms with Crippen LogP contribution in [0.5, 0.6) is 0 Å². The molecule has 1 amide bonds. The van der Waals surface area contributed by atoms with Gasteiger partial charge < -0.3 is 5.32 Å². The van der Waals surface area contributed by atoms with E-state index in [1.165, 1.54) is 30.6 Å². The molecule has 2 rings (SSSR count). The molecule has 0 atom stereocenters. The minimum atomic E-state index is -0.231. The second-order valence-electron chi connectivity index (χ2n) is 5.28. The highest BCUT2D eigenvalue weighted by molar-refractivity contribution is 7.12. The van der Waals surface area contributed by atoms with E-state index in [9.17, 15) is 10.1 Å². The Labute approximate surface area is 124 Å². The van der Waals surface area contributed by atoms with E-state index in [0.717, 1.165) is 17.7 Å². The third-order valence-corrected chi connectivity index (χ3v) is 4.55. The summed E-state index contributed by atoms with van der Waals surface area (Å²) in [4.78, 5) is 14.3. The molecule has 106 valence electrons. The molecule has 1 N–H and O–H groups in total. The second kappa shape index (κ2) is 7.25. The van der Waals surface area contributed by atoms with Crippen LogP contribution in [0.25, 0.3) is 6.08 Å². The fourth-order valence-corrected chi connectivity index (χ4v) is 3.33. The van der Waals surface area contributed by atoms with Crippen LogP contribution in [-0.2, 0) is 4.79 Å². The van der Waals surface area contributed by atoms with Gasteiger partial charge in [-0.15, -0.1) is 11.3 Å². The molecule has 1 saturated carbocycles. The van der Waals surface area contributed by atoms with Crippen LogP contribution in [-0.4, -0.2) is 11.9 Å². The number of nitriles is 1. The number of nitrogens with one attached hydrogen (secondary N) is 1. The molecule has 1 aromatic heterocycles. The SMILES string of the molecule is Cc1ccc(C=C(C#N)C(=O)NC2CCCCCC2)s1. The lowest BCUT2D eigenvalue weighted by Crippen LogP contribution is -2.35. The summed E-state index contributed by atoms with van der Waals surface area (Å²) in [5.74, 6) is -0.231. The summed E-state index contributed by atoms with van der Waals surface area (Å²) in [6.07, 6.45) is 8.58. The highest BCUT2D eigenvalue weighted by Gasteiger charge is 2.17. The predicted molar refractivity (Wildman–Crippen MR) is 82.3 cm³/mol. The van der Waals surface area contributed by atoms with E-state index in [1.807, 2.05) is 25.1 Å². The molecule has 0 bridgehead atoms. The predicted octanol–water partition coefficient (Wildman–Crippen LogP) is 3.80. The van der Waals surface area contributed by atoms with Gasteiger partial charge in [0.1, 0.15) is 11.6 Å². The van der Waals surface area contributed by atoms with E-state index < -0.39 is 0 Å². The Morgan fingerprint density at radius 2 is 2.05 bits per heavy atom. The number of amides is 1. The van der Waals surface area contributed by atoms with Gasteiger partial charge in [-0.2, -0.15) is 5.26 Å². The summed E-state index contributed by atoms with van der Waals surface area (Å²) >= 11 is 1.59. The Bertz CT molecular complexity index is 531. The van der Waals surface area contributed by atoms with Crippen LogP contribution < -0.4 is 5.32 Å². The van der Waals surface area contributed by atoms with Gasteiger partial charge in [-0.25, -0.2) is 0 Å². The zero-order valence-electron chi connectivity index (χ0n) is 11.8. The topological polar surface area (TPSA) is 52.9 Å². The Morgan fingerprint density at radius 3 is 2.60 bits per heavy atom. The van der Waals surface area contributed by atoms with Crippen molar-refractivity contribution in [1.29, 1.82) is 5.26 Å². The first-order chi connectivity index (χ1) is 9.69. The first kappa shape index (κ1) is 14.8. The molecular weight excluding hydrogens is 268 g/mol. The zero-order chi connectivity index (χ0) is 14.4. The largest absolute Gasteiger partial charge is 0.349 e. The summed E-state index contributed by atoms with van der Waals surface area (Å²) in [5.41, 5.74) is 0.205. The fourth-order valence-electron chi connectivity index (χ4n) is 2.51. The fraction of sp³-hybridized carbons (Fsp3) is 0.500. The number of carbonyl (C=O) groups is 1. The molecule has 1 aromatic rings. The number of hydrogen-bond acceptors (Lipinski definition) is 3. The van der Waals surface area contributed by atoms with E-state index in [-0.39, 0.29) is 17.5 Å². The molecule has 0 saturated heterocycles. The number of aryl methyl sites for hydroxylation is 1. The molecule has 1 fully saturated rings. The Hall–Kier alpha value is -1.60. The summed E-state index contributed by atoms with van der Waals surface area (Å²) in [7, 11) is 0. The monoisotopic (exact) mass is 288 g/mol. The molecule has 0 unspecified atom stereocenters. The number of carbonyl (C=O) groups excluding carboxylic acids is 1. The number of thiophene rings is 1. The second-order valence-corrected chi connectivity index (χ2v) is 6.60. The van der Waals surface area contributed by atoms with E-state index in [1.54, 1.807) is 17.4 Å². The first-order valence-electron chi connectivity index (χ1n) is 7.18. The molecule has 4 heteroatoms. The van der Waals surface area contributed by atoms with Crippen LogP contribution in [0, 0.1) is 18.3 Å². The average Bonchev–Trinajstić information content (AvgIpc) is 2.68. The van der Waals surface area contributed by atoms with Crippen molar-refractivity contribution >= 4 is 23.3 Å². The minimum Gasteiger partial charge on any atom is -0.349 e. The number of nitrogens with zero attached hydrogens (tertiary/aromatic N) is 1. The standard InChI is InChI=1S/C16H20N2OS/c1-12-8-9-15(20-12)10-13(11-17)16(19)18-14-6-4-2-3-5-7-14/h8-10,14H,2-7H2,1H3,(H,18,19). The number of rotatable bonds is 3. The van der Waals surface area contributed by atoms with Crippen molar-refractivity contribution in [3.8, 4) is 6.07 Å². The molecule has 1 aliphatic carbocycles. The molecule has 0 aliphatic heterocycles. The van der Waals surface area contributed by atoms with Crippen LogP contribution >= 0.6 is 11.3 Å². The molecule has 0 spiro atoms. The van der Waals surface area contributed by atoms with Gasteiger partial charge >= 0.3 is 0 Å². The molecule has 1 aliphatic rings. The third kappa shape index (κ3) is 4.21. The lowest BCUT2D eigenvalue weighted by atomic mass is 10.1. The van der Waals surface area contributed by atoms with Crippen molar-refractivity contribution in [2.24, 2.45) is 0 Å². The van der Waals surface area contributed by atoms with Crippen molar-refractivity contribution < 1.29 is 4.79 Å². The van der Waals surface area contributed by atoms with Gasteiger partial charge in [0.25, 0.3) is 5.91 Å². The van der Waals surface area contributed by atoms with E-state index in [4.69, 9.17) is 0 Å². The van der Waals surface area contributed by atoms with Gasteiger partial charge in [0.15, 0.2) is 0 Å². The van der Waals surface area contributed by atoms with Crippen molar-refractivity contribution in [3.63, 3.8) is 0 Å². The van der Waals surface area contributed by atoms with Crippen LogP contribution in [0.4, 0.5) is 0 Å². The van der Waals surface area contributed by atoms with E-state index in [0.29, 0.717) is 0 Å². The van der Waals surface area contributed by atoms with Crippen LogP contribution in [0.2, 0.25) is 0 Å². The first-order valence-corrected chi connectivity index (χ1v) is 8.00. The van der Waals surface area contributed by atoms with Gasteiger partial charge in [0.2, 0.25) is 0 Å². The van der Waals surface area contributed by atoms with Crippen molar-refractivity contribution in [3.05, 3.63) is 27.5 Å². The van der Waals surface area contributed by atoms with Gasteiger partial charge in [-0.3, -0.25) is 4.79 Å². The Kier molecular flexibility index (Phi) is 5.37. The maximum absolute atomic E-state index is 12.2. The maximum atomic E-state index is 12.2. The summed E-state index contributed by atoms with van der Waals surface area (Å²) in [6.45, 7) is 2.01. The molecular formula is C16H20N2OS. The summed E-state index contributed by atoms with van der Waals surface area (Å²) in [6, 6.07) is 6.18. The lowest BCUT2D eigenvalue weighted by Gasteiger charge is -2.15. The molecule has 0 aromatic carbocycles. The lowest BCUT2D eigenvalue weighted by molar-refractivity contribution is -0.117. The number of hydrogen-bond donors (Lipinski definition) is 1. The van der Waals surface area contributed by atoms with E-state index >= 15 is 0 Å². The molecule has 3 nitrogen and oxygen atoms in total. The average molecular weight is 288 g/mol. The van der Waals surface area contributed by atoms with Crippen molar-refractivity contribution in [2.45, 2.75) is 51.5 Å². The van der Waals surface area contributed by atoms with Gasteiger partial charge in [0.05, 0.1) is 0 Å². The highest BCUT2D eigenvalue weighted by Crippen LogP contribution is 2.20. The van der Waals surface area contributed by atoms with Crippen LogP contribution in [0.3, 0.4) is 0 Å². The summed E-state index contributed by atoms with van der Waals surface area (Å²) < 4.78 is 0.